The van der Waals surface area contributed by atoms with Crippen LogP contribution in [0.15, 0.2) is 24.4 Å². The van der Waals surface area contributed by atoms with Crippen molar-refractivity contribution in [1.82, 2.24) is 4.98 Å². The predicted molar refractivity (Wildman–Crippen MR) is 67.1 cm³/mol. The molecule has 0 atom stereocenters. The Labute approximate surface area is 103 Å². The molecular weight excluding hydrogens is 239 g/mol. The summed E-state index contributed by atoms with van der Waals surface area (Å²) < 4.78 is 18.1. The van der Waals surface area contributed by atoms with Crippen LogP contribution in [0.25, 0.3) is 0 Å². The molecule has 0 bridgehead atoms. The molecule has 0 saturated heterocycles. The lowest BCUT2D eigenvalue weighted by atomic mass is 10.3. The van der Waals surface area contributed by atoms with Gasteiger partial charge < -0.3 is 10.1 Å². The maximum atomic E-state index is 13.0. The zero-order valence-electron chi connectivity index (χ0n) is 9.66. The largest absolute Gasteiger partial charge is 0.494 e. The van der Waals surface area contributed by atoms with Crippen LogP contribution in [0.2, 0.25) is 0 Å². The standard InChI is InChI=1S/C12H13FN2OS/c1-8-14-6-10(17-8)7-15-11-4-3-9(13)5-12(11)16-2/h3-6,15H,7H2,1-2H3. The van der Waals surface area contributed by atoms with Crippen molar-refractivity contribution in [3.05, 3.63) is 40.1 Å². The number of halogens is 1. The van der Waals surface area contributed by atoms with Gasteiger partial charge in [0.1, 0.15) is 11.6 Å². The molecule has 0 aliphatic heterocycles. The number of anilines is 1. The maximum Gasteiger partial charge on any atom is 0.144 e. The number of ether oxygens (including phenoxy) is 1. The molecule has 90 valence electrons. The Kier molecular flexibility index (Phi) is 3.58. The minimum Gasteiger partial charge on any atom is -0.494 e. The maximum absolute atomic E-state index is 13.0. The highest BCUT2D eigenvalue weighted by atomic mass is 32.1. The van der Waals surface area contributed by atoms with Crippen molar-refractivity contribution in [2.45, 2.75) is 13.5 Å². The zero-order chi connectivity index (χ0) is 12.3. The lowest BCUT2D eigenvalue weighted by Gasteiger charge is -2.09. The number of hydrogen-bond acceptors (Lipinski definition) is 4. The fraction of sp³-hybridized carbons (Fsp3) is 0.250. The molecular formula is C12H13FN2OS. The van der Waals surface area contributed by atoms with Gasteiger partial charge in [-0.25, -0.2) is 9.37 Å². The number of aryl methyl sites for hydroxylation is 1. The predicted octanol–water partition coefficient (Wildman–Crippen LogP) is 3.21. The van der Waals surface area contributed by atoms with Gasteiger partial charge in [-0.1, -0.05) is 0 Å². The molecule has 0 unspecified atom stereocenters. The summed E-state index contributed by atoms with van der Waals surface area (Å²) in [4.78, 5) is 5.31. The molecule has 2 aromatic rings. The summed E-state index contributed by atoms with van der Waals surface area (Å²) in [5, 5.41) is 4.23. The van der Waals surface area contributed by atoms with Crippen LogP contribution in [-0.2, 0) is 6.54 Å². The molecule has 0 fully saturated rings. The van der Waals surface area contributed by atoms with E-state index in [9.17, 15) is 4.39 Å². The zero-order valence-corrected chi connectivity index (χ0v) is 10.5. The van der Waals surface area contributed by atoms with Gasteiger partial charge in [0.15, 0.2) is 0 Å². The number of benzene rings is 1. The third-order valence-corrected chi connectivity index (χ3v) is 3.20. The molecule has 2 rings (SSSR count). The number of methoxy groups -OCH3 is 1. The van der Waals surface area contributed by atoms with Gasteiger partial charge in [0.25, 0.3) is 0 Å². The SMILES string of the molecule is COc1cc(F)ccc1NCc1cnc(C)s1. The van der Waals surface area contributed by atoms with Crippen molar-refractivity contribution in [3.8, 4) is 5.75 Å². The highest BCUT2D eigenvalue weighted by Crippen LogP contribution is 2.26. The first-order valence-corrected chi connectivity index (χ1v) is 5.99. The van der Waals surface area contributed by atoms with E-state index in [-0.39, 0.29) is 5.82 Å². The number of hydrogen-bond donors (Lipinski definition) is 1. The van der Waals surface area contributed by atoms with Gasteiger partial charge in [-0.3, -0.25) is 0 Å². The van der Waals surface area contributed by atoms with Crippen molar-refractivity contribution in [1.29, 1.82) is 0 Å². The van der Waals surface area contributed by atoms with Crippen LogP contribution in [-0.4, -0.2) is 12.1 Å². The summed E-state index contributed by atoms with van der Waals surface area (Å²) in [6.07, 6.45) is 1.84. The molecule has 0 aliphatic rings. The Hall–Kier alpha value is -1.62. The van der Waals surface area contributed by atoms with Gasteiger partial charge in [0.05, 0.1) is 24.3 Å². The van der Waals surface area contributed by atoms with Crippen LogP contribution >= 0.6 is 11.3 Å². The van der Waals surface area contributed by atoms with E-state index in [1.807, 2.05) is 13.1 Å². The molecule has 0 radical (unpaired) electrons. The van der Waals surface area contributed by atoms with Crippen LogP contribution in [0.4, 0.5) is 10.1 Å². The van der Waals surface area contributed by atoms with Gasteiger partial charge in [0.2, 0.25) is 0 Å². The minimum atomic E-state index is -0.305. The van der Waals surface area contributed by atoms with Crippen molar-refractivity contribution in [2.24, 2.45) is 0 Å². The van der Waals surface area contributed by atoms with Gasteiger partial charge in [0, 0.05) is 17.1 Å². The van der Waals surface area contributed by atoms with Crippen molar-refractivity contribution < 1.29 is 9.13 Å². The Morgan fingerprint density at radius 2 is 2.29 bits per heavy atom. The molecule has 1 N–H and O–H groups in total. The fourth-order valence-corrected chi connectivity index (χ4v) is 2.22. The smallest absolute Gasteiger partial charge is 0.144 e. The van der Waals surface area contributed by atoms with Crippen LogP contribution in [0.3, 0.4) is 0 Å². The molecule has 1 aromatic carbocycles. The molecule has 17 heavy (non-hydrogen) atoms. The van der Waals surface area contributed by atoms with E-state index in [4.69, 9.17) is 4.74 Å². The first-order valence-electron chi connectivity index (χ1n) is 5.18. The Morgan fingerprint density at radius 3 is 2.94 bits per heavy atom. The average Bonchev–Trinajstić information content (AvgIpc) is 2.73. The molecule has 0 spiro atoms. The first-order chi connectivity index (χ1) is 8.19. The Bertz CT molecular complexity index is 513. The van der Waals surface area contributed by atoms with Crippen molar-refractivity contribution >= 4 is 17.0 Å². The van der Waals surface area contributed by atoms with E-state index in [0.717, 1.165) is 15.6 Å². The quantitative estimate of drug-likeness (QED) is 0.907. The van der Waals surface area contributed by atoms with Gasteiger partial charge >= 0.3 is 0 Å². The third kappa shape index (κ3) is 2.94. The second kappa shape index (κ2) is 5.14. The number of rotatable bonds is 4. The molecule has 1 aromatic heterocycles. The number of thiazole rings is 1. The summed E-state index contributed by atoms with van der Waals surface area (Å²) in [5.41, 5.74) is 0.778. The van der Waals surface area contributed by atoms with Crippen molar-refractivity contribution in [3.63, 3.8) is 0 Å². The summed E-state index contributed by atoms with van der Waals surface area (Å²) in [6, 6.07) is 4.44. The second-order valence-corrected chi connectivity index (χ2v) is 4.86. The monoisotopic (exact) mass is 252 g/mol. The first kappa shape index (κ1) is 11.9. The average molecular weight is 252 g/mol. The Balaban J connectivity index is 2.08. The lowest BCUT2D eigenvalue weighted by molar-refractivity contribution is 0.413. The minimum absolute atomic E-state index is 0.305. The number of nitrogens with one attached hydrogen (secondary N) is 1. The normalized spacial score (nSPS) is 10.3. The van der Waals surface area contributed by atoms with Crippen LogP contribution in [0, 0.1) is 12.7 Å². The van der Waals surface area contributed by atoms with E-state index < -0.39 is 0 Å². The summed E-state index contributed by atoms with van der Waals surface area (Å²) >= 11 is 1.64. The summed E-state index contributed by atoms with van der Waals surface area (Å²) in [7, 11) is 1.52. The van der Waals surface area contributed by atoms with Gasteiger partial charge in [-0.05, 0) is 19.1 Å². The molecule has 0 saturated carbocycles. The van der Waals surface area contributed by atoms with Crippen molar-refractivity contribution in [2.75, 3.05) is 12.4 Å². The van der Waals surface area contributed by atoms with E-state index in [1.54, 1.807) is 17.4 Å². The van der Waals surface area contributed by atoms with Gasteiger partial charge in [-0.2, -0.15) is 0 Å². The van der Waals surface area contributed by atoms with E-state index in [1.165, 1.54) is 19.2 Å². The van der Waals surface area contributed by atoms with E-state index in [2.05, 4.69) is 10.3 Å². The third-order valence-electron chi connectivity index (χ3n) is 2.29. The highest BCUT2D eigenvalue weighted by molar-refractivity contribution is 7.11. The van der Waals surface area contributed by atoms with Crippen LogP contribution in [0.1, 0.15) is 9.88 Å². The van der Waals surface area contributed by atoms with Crippen LogP contribution in [0.5, 0.6) is 5.75 Å². The molecule has 5 heteroatoms. The second-order valence-electron chi connectivity index (χ2n) is 3.54. The fourth-order valence-electron chi connectivity index (χ4n) is 1.48. The summed E-state index contributed by atoms with van der Waals surface area (Å²) in [6.45, 7) is 2.63. The molecule has 3 nitrogen and oxygen atoms in total. The molecule has 0 aliphatic carbocycles. The van der Waals surface area contributed by atoms with Gasteiger partial charge in [-0.15, -0.1) is 11.3 Å². The molecule has 1 heterocycles. The lowest BCUT2D eigenvalue weighted by Crippen LogP contribution is -2.00. The number of aromatic nitrogens is 1. The molecule has 0 amide bonds. The number of nitrogens with zero attached hydrogens (tertiary/aromatic N) is 1. The van der Waals surface area contributed by atoms with E-state index in [0.29, 0.717) is 12.3 Å². The highest BCUT2D eigenvalue weighted by Gasteiger charge is 2.05. The Morgan fingerprint density at radius 1 is 1.47 bits per heavy atom. The topological polar surface area (TPSA) is 34.1 Å². The van der Waals surface area contributed by atoms with Crippen LogP contribution < -0.4 is 10.1 Å². The van der Waals surface area contributed by atoms with E-state index >= 15 is 0 Å². The summed E-state index contributed by atoms with van der Waals surface area (Å²) in [5.74, 6) is 0.201.